The van der Waals surface area contributed by atoms with E-state index < -0.39 is 0 Å². The predicted molar refractivity (Wildman–Crippen MR) is 39.8 cm³/mol. The molecule has 1 aliphatic heterocycles. The lowest BCUT2D eigenvalue weighted by atomic mass is 10.7. The number of rotatable bonds is 0. The number of hydrogen-bond acceptors (Lipinski definition) is 5. The molecule has 1 aromatic heterocycles. The quantitative estimate of drug-likeness (QED) is 0.505. The van der Waals surface area contributed by atoms with E-state index in [1.54, 1.807) is 17.1 Å². The summed E-state index contributed by atoms with van der Waals surface area (Å²) in [6.45, 7) is 0. The molecule has 2 rings (SSSR count). The third-order valence-corrected chi connectivity index (χ3v) is 1.18. The van der Waals surface area contributed by atoms with Crippen molar-refractivity contribution in [2.75, 3.05) is 0 Å². The molecule has 0 radical (unpaired) electrons. The standard InChI is InChI=1S/C5H6N6/c1-2-8-11(3-1)5-9-6-4-7-10-5/h1-4H,(H,6,7)(H,9,10). The lowest BCUT2D eigenvalue weighted by molar-refractivity contribution is 0.798. The van der Waals surface area contributed by atoms with Crippen LogP contribution >= 0.6 is 0 Å². The van der Waals surface area contributed by atoms with Gasteiger partial charge in [-0.15, -0.1) is 5.10 Å². The van der Waals surface area contributed by atoms with E-state index in [9.17, 15) is 0 Å². The Bertz CT molecular complexity index is 284. The van der Waals surface area contributed by atoms with E-state index in [2.05, 4.69) is 26.2 Å². The molecule has 0 atom stereocenters. The van der Waals surface area contributed by atoms with Gasteiger partial charge in [-0.1, -0.05) is 0 Å². The average Bonchev–Trinajstić information content (AvgIpc) is 2.58. The number of nitrogens with zero attached hydrogens (tertiary/aromatic N) is 4. The Balaban J connectivity index is 2.24. The van der Waals surface area contributed by atoms with E-state index in [-0.39, 0.29) is 0 Å². The van der Waals surface area contributed by atoms with Crippen LogP contribution < -0.4 is 10.9 Å². The summed E-state index contributed by atoms with van der Waals surface area (Å²) in [6.07, 6.45) is 4.89. The zero-order valence-electron chi connectivity index (χ0n) is 5.60. The van der Waals surface area contributed by atoms with Crippen molar-refractivity contribution >= 4 is 12.3 Å². The van der Waals surface area contributed by atoms with E-state index in [1.807, 2.05) is 6.07 Å². The molecule has 1 aromatic rings. The summed E-state index contributed by atoms with van der Waals surface area (Å²) < 4.78 is 1.57. The van der Waals surface area contributed by atoms with Crippen LogP contribution in [0.4, 0.5) is 0 Å². The highest BCUT2D eigenvalue weighted by molar-refractivity contribution is 5.83. The SMILES string of the molecule is C1=NNC(n2cccn2)=NN1. The van der Waals surface area contributed by atoms with Crippen molar-refractivity contribution in [2.45, 2.75) is 0 Å². The lowest BCUT2D eigenvalue weighted by Crippen LogP contribution is -2.33. The van der Waals surface area contributed by atoms with Crippen molar-refractivity contribution in [3.8, 4) is 0 Å². The predicted octanol–water partition coefficient (Wildman–Crippen LogP) is -0.862. The Hall–Kier alpha value is -1.85. The van der Waals surface area contributed by atoms with Crippen LogP contribution in [0.25, 0.3) is 0 Å². The van der Waals surface area contributed by atoms with Crippen molar-refractivity contribution < 1.29 is 0 Å². The van der Waals surface area contributed by atoms with Crippen LogP contribution in [0.2, 0.25) is 0 Å². The van der Waals surface area contributed by atoms with Crippen LogP contribution in [0, 0.1) is 0 Å². The van der Waals surface area contributed by atoms with E-state index in [1.165, 1.54) is 6.34 Å². The van der Waals surface area contributed by atoms with Gasteiger partial charge in [-0.25, -0.2) is 10.1 Å². The van der Waals surface area contributed by atoms with Crippen molar-refractivity contribution in [3.63, 3.8) is 0 Å². The van der Waals surface area contributed by atoms with Gasteiger partial charge in [0.05, 0.1) is 0 Å². The van der Waals surface area contributed by atoms with Crippen LogP contribution in [0.1, 0.15) is 0 Å². The third-order valence-electron chi connectivity index (χ3n) is 1.18. The molecule has 0 unspecified atom stereocenters. The summed E-state index contributed by atoms with van der Waals surface area (Å²) in [7, 11) is 0. The first-order chi connectivity index (χ1) is 5.47. The van der Waals surface area contributed by atoms with E-state index in [4.69, 9.17) is 0 Å². The molecule has 0 saturated heterocycles. The topological polar surface area (TPSA) is 66.6 Å². The molecule has 0 spiro atoms. The maximum absolute atomic E-state index is 3.95. The minimum absolute atomic E-state index is 0.553. The number of nitrogens with one attached hydrogen (secondary N) is 2. The van der Waals surface area contributed by atoms with Crippen LogP contribution in [0.5, 0.6) is 0 Å². The zero-order chi connectivity index (χ0) is 7.52. The number of aromatic nitrogens is 2. The van der Waals surface area contributed by atoms with Gasteiger partial charge in [0, 0.05) is 12.4 Å². The normalized spacial score (nSPS) is 15.1. The highest BCUT2D eigenvalue weighted by Crippen LogP contribution is 1.84. The van der Waals surface area contributed by atoms with Gasteiger partial charge in [0.2, 0.25) is 0 Å². The van der Waals surface area contributed by atoms with Crippen molar-refractivity contribution in [1.29, 1.82) is 0 Å². The molecule has 0 bridgehead atoms. The van der Waals surface area contributed by atoms with Gasteiger partial charge >= 0.3 is 0 Å². The second-order valence-electron chi connectivity index (χ2n) is 1.89. The molecule has 0 saturated carbocycles. The molecule has 0 aromatic carbocycles. The number of hydrazone groups is 2. The molecule has 2 N–H and O–H groups in total. The molecule has 11 heavy (non-hydrogen) atoms. The summed E-state index contributed by atoms with van der Waals surface area (Å²) in [5.41, 5.74) is 5.27. The van der Waals surface area contributed by atoms with Crippen LogP contribution in [0.3, 0.4) is 0 Å². The Labute approximate surface area is 62.6 Å². The van der Waals surface area contributed by atoms with Gasteiger partial charge in [0.15, 0.2) is 0 Å². The lowest BCUT2D eigenvalue weighted by Gasteiger charge is -2.07. The highest BCUT2D eigenvalue weighted by Gasteiger charge is 2.01. The van der Waals surface area contributed by atoms with Crippen LogP contribution in [-0.2, 0) is 0 Å². The molecule has 1 aliphatic rings. The Morgan fingerprint density at radius 1 is 1.45 bits per heavy atom. The fourth-order valence-corrected chi connectivity index (χ4v) is 0.730. The Morgan fingerprint density at radius 2 is 2.45 bits per heavy atom. The first kappa shape index (κ1) is 5.90. The van der Waals surface area contributed by atoms with Gasteiger partial charge in [0.25, 0.3) is 5.96 Å². The molecule has 0 amide bonds. The molecular formula is C5H6N6. The summed E-state index contributed by atoms with van der Waals surface area (Å²) in [5, 5.41) is 11.6. The molecule has 6 nitrogen and oxygen atoms in total. The monoisotopic (exact) mass is 150 g/mol. The smallest absolute Gasteiger partial charge is 0.261 e. The minimum Gasteiger partial charge on any atom is -0.262 e. The summed E-state index contributed by atoms with van der Waals surface area (Å²) in [6, 6.07) is 1.81. The van der Waals surface area contributed by atoms with E-state index >= 15 is 0 Å². The molecule has 0 fully saturated rings. The minimum atomic E-state index is 0.553. The maximum Gasteiger partial charge on any atom is 0.261 e. The van der Waals surface area contributed by atoms with Crippen molar-refractivity contribution in [1.82, 2.24) is 20.6 Å². The molecule has 0 aliphatic carbocycles. The van der Waals surface area contributed by atoms with Gasteiger partial charge in [-0.05, 0) is 6.07 Å². The van der Waals surface area contributed by atoms with Crippen molar-refractivity contribution in [3.05, 3.63) is 18.5 Å². The fourth-order valence-electron chi connectivity index (χ4n) is 0.730. The second kappa shape index (κ2) is 2.41. The zero-order valence-corrected chi connectivity index (χ0v) is 5.60. The summed E-state index contributed by atoms with van der Waals surface area (Å²) in [4.78, 5) is 0. The first-order valence-corrected chi connectivity index (χ1v) is 3.07. The summed E-state index contributed by atoms with van der Waals surface area (Å²) in [5.74, 6) is 0.553. The van der Waals surface area contributed by atoms with Gasteiger partial charge in [-0.2, -0.15) is 10.2 Å². The van der Waals surface area contributed by atoms with Crippen LogP contribution in [0.15, 0.2) is 28.7 Å². The van der Waals surface area contributed by atoms with Crippen LogP contribution in [-0.4, -0.2) is 22.1 Å². The van der Waals surface area contributed by atoms with E-state index in [0.717, 1.165) is 0 Å². The molecule has 56 valence electrons. The van der Waals surface area contributed by atoms with Gasteiger partial charge < -0.3 is 0 Å². The van der Waals surface area contributed by atoms with Crippen molar-refractivity contribution in [2.24, 2.45) is 10.2 Å². The molecular weight excluding hydrogens is 144 g/mol. The van der Waals surface area contributed by atoms with E-state index in [0.29, 0.717) is 5.96 Å². The third kappa shape index (κ3) is 1.05. The fraction of sp³-hybridized carbons (Fsp3) is 0. The summed E-state index contributed by atoms with van der Waals surface area (Å²) >= 11 is 0. The van der Waals surface area contributed by atoms with Gasteiger partial charge in [-0.3, -0.25) is 5.43 Å². The molecule has 2 heterocycles. The second-order valence-corrected chi connectivity index (χ2v) is 1.89. The highest BCUT2D eigenvalue weighted by atomic mass is 15.5. The Kier molecular flexibility index (Phi) is 1.29. The Morgan fingerprint density at radius 3 is 3.09 bits per heavy atom. The first-order valence-electron chi connectivity index (χ1n) is 3.07. The number of hydrogen-bond donors (Lipinski definition) is 2. The average molecular weight is 150 g/mol. The largest absolute Gasteiger partial charge is 0.262 e. The molecule has 6 heteroatoms. The maximum atomic E-state index is 3.95. The van der Waals surface area contributed by atoms with Gasteiger partial charge in [0.1, 0.15) is 6.34 Å².